The van der Waals surface area contributed by atoms with Crippen LogP contribution in [-0.4, -0.2) is 104 Å². The van der Waals surface area contributed by atoms with Crippen LogP contribution < -0.4 is 5.73 Å². The van der Waals surface area contributed by atoms with E-state index in [0.717, 1.165) is 52.4 Å². The number of rotatable bonds is 4. The quantitative estimate of drug-likeness (QED) is 0.671. The topological polar surface area (TPSA) is 71.3 Å². The van der Waals surface area contributed by atoms with Gasteiger partial charge in [-0.1, -0.05) is 0 Å². The van der Waals surface area contributed by atoms with Crippen molar-refractivity contribution in [2.75, 3.05) is 65.6 Å². The summed E-state index contributed by atoms with van der Waals surface area (Å²) in [6.07, 6.45) is 1.54. The van der Waals surface area contributed by atoms with E-state index in [4.69, 9.17) is 15.2 Å². The van der Waals surface area contributed by atoms with Crippen molar-refractivity contribution in [3.05, 3.63) is 0 Å². The molecule has 28 heavy (non-hydrogen) atoms. The van der Waals surface area contributed by atoms with Crippen LogP contribution in [-0.2, 0) is 14.3 Å². The highest BCUT2D eigenvalue weighted by Gasteiger charge is 2.39. The molecule has 0 aliphatic carbocycles. The van der Waals surface area contributed by atoms with E-state index in [2.05, 4.69) is 23.6 Å². The van der Waals surface area contributed by atoms with Crippen molar-refractivity contribution in [2.45, 2.75) is 44.4 Å². The zero-order chi connectivity index (χ0) is 17.9. The molecule has 0 aromatic heterocycles. The summed E-state index contributed by atoms with van der Waals surface area (Å²) in [7, 11) is 0. The highest BCUT2D eigenvalue weighted by atomic mass is 35.5. The van der Waals surface area contributed by atoms with Gasteiger partial charge in [-0.25, -0.2) is 0 Å². The summed E-state index contributed by atoms with van der Waals surface area (Å²) >= 11 is 0. The highest BCUT2D eigenvalue weighted by molar-refractivity contribution is 5.86. The van der Waals surface area contributed by atoms with E-state index >= 15 is 0 Å². The predicted octanol–water partition coefficient (Wildman–Crippen LogP) is 1.01. The van der Waals surface area contributed by atoms with Crippen molar-refractivity contribution in [2.24, 2.45) is 5.73 Å². The molecule has 2 N–H and O–H groups in total. The largest absolute Gasteiger partial charge is 0.381 e. The predicted molar refractivity (Wildman–Crippen MR) is 118 cm³/mol. The Balaban J connectivity index is 0.00000243. The van der Waals surface area contributed by atoms with Gasteiger partial charge < -0.3 is 20.1 Å². The Bertz CT molecular complexity index is 459. The number of carbonyl (C=O) groups excluding carboxylic acids is 1. The number of hydrogen-bond acceptors (Lipinski definition) is 6. The molecule has 0 radical (unpaired) electrons. The van der Waals surface area contributed by atoms with Crippen molar-refractivity contribution < 1.29 is 14.3 Å². The lowest BCUT2D eigenvalue weighted by Crippen LogP contribution is -2.62. The van der Waals surface area contributed by atoms with E-state index in [0.29, 0.717) is 32.1 Å². The summed E-state index contributed by atoms with van der Waals surface area (Å²) in [6.45, 7) is 12.8. The molecule has 1 atom stereocenters. The number of hydrogen-bond donors (Lipinski definition) is 1. The summed E-state index contributed by atoms with van der Waals surface area (Å²) in [6, 6.07) is 0.570. The average molecular weight is 464 g/mol. The van der Waals surface area contributed by atoms with E-state index < -0.39 is 5.54 Å². The summed E-state index contributed by atoms with van der Waals surface area (Å²) in [5, 5.41) is 0. The van der Waals surface area contributed by atoms with Gasteiger partial charge in [-0.15, -0.1) is 37.2 Å². The average Bonchev–Trinajstić information content (AvgIpc) is 2.62. The van der Waals surface area contributed by atoms with Gasteiger partial charge in [0.2, 0.25) is 5.91 Å². The van der Waals surface area contributed by atoms with E-state index in [1.54, 1.807) is 0 Å². The molecule has 3 fully saturated rings. The van der Waals surface area contributed by atoms with Gasteiger partial charge in [0, 0.05) is 65.1 Å². The maximum Gasteiger partial charge on any atom is 0.242 e. The molecule has 3 aliphatic heterocycles. The number of morpholine rings is 1. The Hall–Kier alpha value is 0.140. The Labute approximate surface area is 187 Å². The summed E-state index contributed by atoms with van der Waals surface area (Å²) in [5.74, 6) is 0.107. The molecule has 3 aliphatic rings. The minimum Gasteiger partial charge on any atom is -0.381 e. The van der Waals surface area contributed by atoms with Crippen LogP contribution in [0.5, 0.6) is 0 Å². The van der Waals surface area contributed by atoms with Gasteiger partial charge in [0.05, 0.1) is 18.2 Å². The van der Waals surface area contributed by atoms with Gasteiger partial charge in [0.15, 0.2) is 0 Å². The van der Waals surface area contributed by atoms with Crippen LogP contribution >= 0.6 is 37.2 Å². The molecule has 0 spiro atoms. The molecule has 0 saturated carbocycles. The van der Waals surface area contributed by atoms with Gasteiger partial charge in [-0.2, -0.15) is 0 Å². The van der Waals surface area contributed by atoms with E-state index in [1.807, 2.05) is 4.90 Å². The number of halogens is 3. The molecule has 3 heterocycles. The van der Waals surface area contributed by atoms with Crippen molar-refractivity contribution in [1.29, 1.82) is 0 Å². The Morgan fingerprint density at radius 1 is 1.04 bits per heavy atom. The second kappa shape index (κ2) is 12.7. The van der Waals surface area contributed by atoms with E-state index in [-0.39, 0.29) is 49.2 Å². The fourth-order valence-corrected chi connectivity index (χ4v) is 4.01. The third-order valence-electron chi connectivity index (χ3n) is 5.83. The SMILES string of the molecule is CC(C)N1CCOC(CN2CCN(C(=O)C3(N)CCOCC3)CC2)C1.Cl.Cl.Cl. The lowest BCUT2D eigenvalue weighted by Gasteiger charge is -2.42. The maximum atomic E-state index is 12.8. The van der Waals surface area contributed by atoms with Crippen LogP contribution in [0.25, 0.3) is 0 Å². The van der Waals surface area contributed by atoms with E-state index in [9.17, 15) is 4.79 Å². The highest BCUT2D eigenvalue weighted by Crippen LogP contribution is 2.21. The molecule has 0 aromatic rings. The number of amides is 1. The Kier molecular flexibility index (Phi) is 12.8. The molecule has 168 valence electrons. The van der Waals surface area contributed by atoms with Gasteiger partial charge in [0.25, 0.3) is 0 Å². The lowest BCUT2D eigenvalue weighted by atomic mass is 9.89. The van der Waals surface area contributed by atoms with Gasteiger partial charge in [0.1, 0.15) is 0 Å². The molecule has 7 nitrogen and oxygen atoms in total. The van der Waals surface area contributed by atoms with Crippen LogP contribution in [0.3, 0.4) is 0 Å². The summed E-state index contributed by atoms with van der Waals surface area (Å²) in [5.41, 5.74) is 5.63. The first kappa shape index (κ1) is 28.1. The molecule has 3 rings (SSSR count). The van der Waals surface area contributed by atoms with Crippen molar-refractivity contribution in [3.63, 3.8) is 0 Å². The van der Waals surface area contributed by atoms with Crippen molar-refractivity contribution in [1.82, 2.24) is 14.7 Å². The second-order valence-corrected chi connectivity index (χ2v) is 7.94. The van der Waals surface area contributed by atoms with Gasteiger partial charge >= 0.3 is 0 Å². The fraction of sp³-hybridized carbons (Fsp3) is 0.944. The zero-order valence-corrected chi connectivity index (χ0v) is 19.5. The molecular formula is C18H37Cl3N4O3. The number of nitrogens with zero attached hydrogens (tertiary/aromatic N) is 3. The number of piperazine rings is 1. The number of ether oxygens (including phenoxy) is 2. The van der Waals surface area contributed by atoms with Crippen LogP contribution in [0.4, 0.5) is 0 Å². The first-order chi connectivity index (χ1) is 12.0. The molecule has 3 saturated heterocycles. The monoisotopic (exact) mass is 462 g/mol. The van der Waals surface area contributed by atoms with Crippen molar-refractivity contribution >= 4 is 43.1 Å². The molecule has 1 amide bonds. The minimum absolute atomic E-state index is 0. The summed E-state index contributed by atoms with van der Waals surface area (Å²) < 4.78 is 11.3. The van der Waals surface area contributed by atoms with Crippen LogP contribution in [0.15, 0.2) is 0 Å². The van der Waals surface area contributed by atoms with Crippen molar-refractivity contribution in [3.8, 4) is 0 Å². The fourth-order valence-electron chi connectivity index (χ4n) is 4.01. The standard InChI is InChI=1S/C18H34N4O3.3ClH/c1-15(2)22-9-12-25-16(14-22)13-20-5-7-21(8-6-20)17(23)18(19)3-10-24-11-4-18;;;/h15-16H,3-14,19H2,1-2H3;3*1H. The maximum absolute atomic E-state index is 12.8. The smallest absolute Gasteiger partial charge is 0.242 e. The lowest BCUT2D eigenvalue weighted by molar-refractivity contribution is -0.142. The third kappa shape index (κ3) is 7.13. The Morgan fingerprint density at radius 2 is 1.64 bits per heavy atom. The van der Waals surface area contributed by atoms with Crippen LogP contribution in [0.1, 0.15) is 26.7 Å². The first-order valence-corrected chi connectivity index (χ1v) is 9.72. The van der Waals surface area contributed by atoms with Gasteiger partial charge in [-0.3, -0.25) is 14.6 Å². The molecule has 0 bridgehead atoms. The first-order valence-electron chi connectivity index (χ1n) is 9.72. The van der Waals surface area contributed by atoms with E-state index in [1.165, 1.54) is 0 Å². The second-order valence-electron chi connectivity index (χ2n) is 7.94. The molecule has 0 aromatic carbocycles. The number of nitrogens with two attached hydrogens (primary N) is 1. The molecule has 1 unspecified atom stereocenters. The molecular weight excluding hydrogens is 427 g/mol. The number of carbonyl (C=O) groups is 1. The minimum atomic E-state index is -0.718. The summed E-state index contributed by atoms with van der Waals surface area (Å²) in [4.78, 5) is 19.6. The zero-order valence-electron chi connectivity index (χ0n) is 17.0. The van der Waals surface area contributed by atoms with Crippen LogP contribution in [0, 0.1) is 0 Å². The normalized spacial score (nSPS) is 26.0. The van der Waals surface area contributed by atoms with Gasteiger partial charge in [-0.05, 0) is 26.7 Å². The third-order valence-corrected chi connectivity index (χ3v) is 5.83. The molecule has 10 heteroatoms. The van der Waals surface area contributed by atoms with Crippen LogP contribution in [0.2, 0.25) is 0 Å². The Morgan fingerprint density at radius 3 is 2.21 bits per heavy atom.